The van der Waals surface area contributed by atoms with E-state index in [1.165, 1.54) is 17.0 Å². The Morgan fingerprint density at radius 1 is 1.11 bits per heavy atom. The first kappa shape index (κ1) is 28.8. The summed E-state index contributed by atoms with van der Waals surface area (Å²) in [5, 5.41) is 14.2. The summed E-state index contributed by atoms with van der Waals surface area (Å²) in [7, 11) is -4.00. The number of nitrogens with one attached hydrogen (secondary N) is 1. The minimum absolute atomic E-state index is 0.0389. The molecule has 36 heavy (non-hydrogen) atoms. The Morgan fingerprint density at radius 2 is 1.75 bits per heavy atom. The van der Waals surface area contributed by atoms with E-state index < -0.39 is 33.4 Å². The molecule has 0 saturated heterocycles. The monoisotopic (exact) mass is 518 g/mol. The van der Waals surface area contributed by atoms with Crippen LogP contribution in [0.3, 0.4) is 0 Å². The number of carbonyl (C=O) groups is 2. The normalized spacial score (nSPS) is 12.2. The van der Waals surface area contributed by atoms with E-state index in [4.69, 9.17) is 0 Å². The fraction of sp³-hybridized carbons (Fsp3) is 0.440. The molecule has 0 spiro atoms. The molecule has 11 heteroatoms. The van der Waals surface area contributed by atoms with Gasteiger partial charge in [-0.2, -0.15) is 0 Å². The van der Waals surface area contributed by atoms with Gasteiger partial charge in [0, 0.05) is 25.2 Å². The van der Waals surface area contributed by atoms with Crippen molar-refractivity contribution in [2.75, 3.05) is 23.7 Å². The van der Waals surface area contributed by atoms with Crippen molar-refractivity contribution in [2.24, 2.45) is 5.92 Å². The van der Waals surface area contributed by atoms with Crippen LogP contribution in [0.25, 0.3) is 0 Å². The van der Waals surface area contributed by atoms with E-state index in [1.54, 1.807) is 13.8 Å². The zero-order valence-electron chi connectivity index (χ0n) is 21.3. The van der Waals surface area contributed by atoms with Crippen molar-refractivity contribution in [1.29, 1.82) is 0 Å². The first-order chi connectivity index (χ1) is 16.8. The number of nitro groups is 1. The topological polar surface area (TPSA) is 130 Å². The average molecular weight is 519 g/mol. The molecule has 0 heterocycles. The second-order valence-electron chi connectivity index (χ2n) is 9.07. The minimum Gasteiger partial charge on any atom is -0.354 e. The molecule has 0 bridgehead atoms. The molecule has 1 N–H and O–H groups in total. The smallest absolute Gasteiger partial charge is 0.271 e. The first-order valence-electron chi connectivity index (χ1n) is 11.7. The van der Waals surface area contributed by atoms with Gasteiger partial charge in [-0.15, -0.1) is 0 Å². The Labute approximate surface area is 212 Å². The number of nitrogens with zero attached hydrogens (tertiary/aromatic N) is 3. The lowest BCUT2D eigenvalue weighted by molar-refractivity contribution is -0.384. The van der Waals surface area contributed by atoms with Gasteiger partial charge in [-0.1, -0.05) is 57.2 Å². The van der Waals surface area contributed by atoms with Crippen LogP contribution in [0.1, 0.15) is 38.3 Å². The molecule has 0 radical (unpaired) electrons. The summed E-state index contributed by atoms with van der Waals surface area (Å²) in [6.07, 6.45) is 1.25. The Kier molecular flexibility index (Phi) is 9.97. The molecule has 0 aromatic heterocycles. The van der Waals surface area contributed by atoms with E-state index in [-0.39, 0.29) is 29.7 Å². The quantitative estimate of drug-likeness (QED) is 0.339. The van der Waals surface area contributed by atoms with Crippen LogP contribution in [-0.4, -0.2) is 55.4 Å². The molecule has 1 unspecified atom stereocenters. The molecule has 2 aromatic carbocycles. The number of non-ortho nitro benzene ring substituents is 1. The molecule has 0 aliphatic carbocycles. The SMILES string of the molecule is CCC(C(=O)NCC(C)C)N(Cc1ccccc1)C(=O)CN(c1cc([N+](=O)[O-])ccc1C)S(C)(=O)=O. The van der Waals surface area contributed by atoms with Crippen molar-refractivity contribution >= 4 is 33.2 Å². The van der Waals surface area contributed by atoms with Gasteiger partial charge in [0.2, 0.25) is 21.8 Å². The van der Waals surface area contributed by atoms with Gasteiger partial charge in [0.05, 0.1) is 16.9 Å². The number of hydrogen-bond acceptors (Lipinski definition) is 6. The Morgan fingerprint density at radius 3 is 2.28 bits per heavy atom. The van der Waals surface area contributed by atoms with Gasteiger partial charge < -0.3 is 10.2 Å². The number of aryl methyl sites for hydroxylation is 1. The molecule has 0 aliphatic heterocycles. The second kappa shape index (κ2) is 12.5. The zero-order chi connectivity index (χ0) is 27.0. The number of amides is 2. The van der Waals surface area contributed by atoms with Crippen LogP contribution in [-0.2, 0) is 26.2 Å². The van der Waals surface area contributed by atoms with E-state index in [2.05, 4.69) is 5.32 Å². The third-order valence-electron chi connectivity index (χ3n) is 5.62. The minimum atomic E-state index is -4.00. The van der Waals surface area contributed by atoms with Crippen LogP contribution < -0.4 is 9.62 Å². The van der Waals surface area contributed by atoms with Crippen LogP contribution in [0.5, 0.6) is 0 Å². The average Bonchev–Trinajstić information content (AvgIpc) is 2.81. The number of sulfonamides is 1. The van der Waals surface area contributed by atoms with Crippen LogP contribution in [0.2, 0.25) is 0 Å². The van der Waals surface area contributed by atoms with Gasteiger partial charge in [0.25, 0.3) is 5.69 Å². The largest absolute Gasteiger partial charge is 0.354 e. The van der Waals surface area contributed by atoms with E-state index in [1.807, 2.05) is 44.2 Å². The van der Waals surface area contributed by atoms with Crippen LogP contribution in [0.4, 0.5) is 11.4 Å². The Bertz CT molecular complexity index is 1180. The molecule has 10 nitrogen and oxygen atoms in total. The van der Waals surface area contributed by atoms with Crippen molar-refractivity contribution in [3.8, 4) is 0 Å². The molecular formula is C25H34N4O6S. The predicted octanol–water partition coefficient (Wildman–Crippen LogP) is 3.25. The molecule has 0 aliphatic rings. The summed E-state index contributed by atoms with van der Waals surface area (Å²) < 4.78 is 26.3. The molecule has 2 amide bonds. The van der Waals surface area contributed by atoms with E-state index in [0.717, 1.165) is 22.2 Å². The van der Waals surface area contributed by atoms with Crippen LogP contribution in [0, 0.1) is 23.0 Å². The van der Waals surface area contributed by atoms with Crippen molar-refractivity contribution in [3.05, 3.63) is 69.8 Å². The molecule has 2 rings (SSSR count). The number of benzene rings is 2. The highest BCUT2D eigenvalue weighted by atomic mass is 32.2. The van der Waals surface area contributed by atoms with Crippen molar-refractivity contribution in [3.63, 3.8) is 0 Å². The van der Waals surface area contributed by atoms with Gasteiger partial charge in [-0.3, -0.25) is 24.0 Å². The molecular weight excluding hydrogens is 484 g/mol. The van der Waals surface area contributed by atoms with Gasteiger partial charge >= 0.3 is 0 Å². The number of hydrogen-bond donors (Lipinski definition) is 1. The van der Waals surface area contributed by atoms with Gasteiger partial charge in [-0.25, -0.2) is 8.42 Å². The number of nitro benzene ring substituents is 1. The van der Waals surface area contributed by atoms with E-state index >= 15 is 0 Å². The van der Waals surface area contributed by atoms with Gasteiger partial charge in [0.1, 0.15) is 12.6 Å². The Balaban J connectivity index is 2.48. The summed E-state index contributed by atoms with van der Waals surface area (Å²) >= 11 is 0. The summed E-state index contributed by atoms with van der Waals surface area (Å²) in [5.41, 5.74) is 0.975. The van der Waals surface area contributed by atoms with Gasteiger partial charge in [-0.05, 0) is 30.4 Å². The van der Waals surface area contributed by atoms with Crippen molar-refractivity contribution in [2.45, 2.75) is 46.7 Å². The number of anilines is 1. The summed E-state index contributed by atoms with van der Waals surface area (Å²) in [6, 6.07) is 12.1. The fourth-order valence-corrected chi connectivity index (χ4v) is 4.60. The van der Waals surface area contributed by atoms with E-state index in [9.17, 15) is 28.1 Å². The van der Waals surface area contributed by atoms with Crippen LogP contribution >= 0.6 is 0 Å². The van der Waals surface area contributed by atoms with E-state index in [0.29, 0.717) is 18.5 Å². The fourth-order valence-electron chi connectivity index (χ4n) is 3.70. The maximum absolute atomic E-state index is 13.7. The van der Waals surface area contributed by atoms with Crippen LogP contribution in [0.15, 0.2) is 48.5 Å². The number of carbonyl (C=O) groups excluding carboxylic acids is 2. The Hall–Kier alpha value is -3.47. The molecule has 196 valence electrons. The zero-order valence-corrected chi connectivity index (χ0v) is 22.1. The molecule has 1 atom stereocenters. The third-order valence-corrected chi connectivity index (χ3v) is 6.74. The predicted molar refractivity (Wildman–Crippen MR) is 139 cm³/mol. The highest BCUT2D eigenvalue weighted by molar-refractivity contribution is 7.92. The lowest BCUT2D eigenvalue weighted by Crippen LogP contribution is -2.52. The second-order valence-corrected chi connectivity index (χ2v) is 11.0. The lowest BCUT2D eigenvalue weighted by atomic mass is 10.1. The standard InChI is InChI=1S/C25H34N4O6S/c1-6-22(25(31)26-15-18(2)3)27(16-20-10-8-7-9-11-20)24(30)17-28(36(5,34)35)23-14-21(29(32)33)13-12-19(23)4/h7-14,18,22H,6,15-17H2,1-5H3,(H,26,31). The summed E-state index contributed by atoms with van der Waals surface area (Å²) in [5.74, 6) is -0.711. The maximum atomic E-state index is 13.7. The maximum Gasteiger partial charge on any atom is 0.271 e. The lowest BCUT2D eigenvalue weighted by Gasteiger charge is -2.33. The number of rotatable bonds is 12. The summed E-state index contributed by atoms with van der Waals surface area (Å²) in [6.45, 7) is 7.23. The first-order valence-corrected chi connectivity index (χ1v) is 13.5. The highest BCUT2D eigenvalue weighted by Gasteiger charge is 2.32. The summed E-state index contributed by atoms with van der Waals surface area (Å²) in [4.78, 5) is 38.7. The van der Waals surface area contributed by atoms with Gasteiger partial charge in [0.15, 0.2) is 0 Å². The molecule has 0 saturated carbocycles. The highest BCUT2D eigenvalue weighted by Crippen LogP contribution is 2.28. The molecule has 0 fully saturated rings. The molecule has 2 aromatic rings. The van der Waals surface area contributed by atoms with Crippen molar-refractivity contribution < 1.29 is 22.9 Å². The van der Waals surface area contributed by atoms with Crippen molar-refractivity contribution in [1.82, 2.24) is 10.2 Å². The third kappa shape index (κ3) is 7.77.